The number of alkyl halides is 9. The molecule has 0 saturated heterocycles. The molecule has 0 aliphatic rings. The molecular formula is C34H30F9NO2. The van der Waals surface area contributed by atoms with Crippen LogP contribution in [0, 0.1) is 0 Å². The van der Waals surface area contributed by atoms with Crippen molar-refractivity contribution < 1.29 is 49.0 Å². The number of rotatable bonds is 11. The van der Waals surface area contributed by atoms with Crippen molar-refractivity contribution in [2.45, 2.75) is 44.7 Å². The third kappa shape index (κ3) is 8.14. The molecule has 0 amide bonds. The van der Waals surface area contributed by atoms with Gasteiger partial charge in [0.15, 0.2) is 0 Å². The molecule has 2 N–H and O–H groups in total. The molecule has 0 aliphatic heterocycles. The van der Waals surface area contributed by atoms with Gasteiger partial charge >= 0.3 is 18.5 Å². The fraction of sp³-hybridized carbons (Fsp3) is 0.294. The largest absolute Gasteiger partial charge is 0.492 e. The van der Waals surface area contributed by atoms with Crippen LogP contribution in [0.1, 0.15) is 42.9 Å². The van der Waals surface area contributed by atoms with Gasteiger partial charge in [-0.1, -0.05) is 49.7 Å². The Morgan fingerprint density at radius 2 is 0.935 bits per heavy atom. The summed E-state index contributed by atoms with van der Waals surface area (Å²) < 4.78 is 137. The molecule has 4 aromatic rings. The first-order valence-electron chi connectivity index (χ1n) is 14.3. The summed E-state index contributed by atoms with van der Waals surface area (Å²) in [5.41, 5.74) is 2.46. The van der Waals surface area contributed by atoms with Crippen LogP contribution in [-0.4, -0.2) is 19.8 Å². The predicted octanol–water partition coefficient (Wildman–Crippen LogP) is 10.7. The van der Waals surface area contributed by atoms with Gasteiger partial charge < -0.3 is 15.2 Å². The Labute approximate surface area is 259 Å². The molecule has 0 radical (unpaired) electrons. The van der Waals surface area contributed by atoms with Crippen LogP contribution < -0.4 is 15.2 Å². The maximum absolute atomic E-state index is 13.9. The average molecular weight is 656 g/mol. The first kappa shape index (κ1) is 34.7. The first-order chi connectivity index (χ1) is 21.6. The van der Waals surface area contributed by atoms with Crippen LogP contribution in [0.15, 0.2) is 78.9 Å². The van der Waals surface area contributed by atoms with E-state index in [1.165, 1.54) is 24.3 Å². The zero-order valence-corrected chi connectivity index (χ0v) is 24.5. The Morgan fingerprint density at radius 3 is 1.33 bits per heavy atom. The Morgan fingerprint density at radius 1 is 0.543 bits per heavy atom. The molecule has 12 heteroatoms. The number of hydrogen-bond donors (Lipinski definition) is 1. The van der Waals surface area contributed by atoms with E-state index in [0.29, 0.717) is 12.8 Å². The molecule has 246 valence electrons. The number of hydrogen-bond acceptors (Lipinski definition) is 3. The van der Waals surface area contributed by atoms with Gasteiger partial charge in [-0.3, -0.25) is 0 Å². The molecule has 0 saturated carbocycles. The number of benzene rings is 4. The van der Waals surface area contributed by atoms with E-state index in [4.69, 9.17) is 15.2 Å². The summed E-state index contributed by atoms with van der Waals surface area (Å²) in [4.78, 5) is 0. The minimum atomic E-state index is -4.76. The van der Waals surface area contributed by atoms with Gasteiger partial charge in [-0.25, -0.2) is 0 Å². The summed E-state index contributed by atoms with van der Waals surface area (Å²) >= 11 is 0. The van der Waals surface area contributed by atoms with Crippen LogP contribution in [0.5, 0.6) is 11.5 Å². The zero-order chi connectivity index (χ0) is 33.7. The molecule has 0 fully saturated rings. The average Bonchev–Trinajstić information content (AvgIpc) is 3.00. The van der Waals surface area contributed by atoms with Crippen molar-refractivity contribution in [1.82, 2.24) is 0 Å². The molecule has 4 aromatic carbocycles. The van der Waals surface area contributed by atoms with E-state index in [0.717, 1.165) is 54.6 Å². The summed E-state index contributed by atoms with van der Waals surface area (Å²) in [5.74, 6) is -0.181. The molecule has 0 aliphatic carbocycles. The lowest BCUT2D eigenvalue weighted by Gasteiger charge is -2.24. The quantitative estimate of drug-likeness (QED) is 0.129. The van der Waals surface area contributed by atoms with E-state index in [1.54, 1.807) is 0 Å². The summed E-state index contributed by atoms with van der Waals surface area (Å²) in [6.07, 6.45) is -12.8. The predicted molar refractivity (Wildman–Crippen MR) is 157 cm³/mol. The van der Waals surface area contributed by atoms with Crippen LogP contribution in [0.25, 0.3) is 33.4 Å². The summed E-state index contributed by atoms with van der Waals surface area (Å²) in [5, 5.41) is 0. The van der Waals surface area contributed by atoms with Crippen molar-refractivity contribution >= 4 is 0 Å². The van der Waals surface area contributed by atoms with Gasteiger partial charge in [0.1, 0.15) is 11.5 Å². The molecule has 0 spiro atoms. The molecule has 0 heterocycles. The molecule has 4 rings (SSSR count). The number of nitrogens with two attached hydrogens (primary N) is 1. The number of unbranched alkanes of at least 4 members (excludes halogenated alkanes) is 1. The molecule has 0 atom stereocenters. The molecule has 0 aromatic heterocycles. The minimum Gasteiger partial charge on any atom is -0.492 e. The van der Waals surface area contributed by atoms with E-state index in [1.807, 2.05) is 6.92 Å². The molecular weight excluding hydrogens is 625 g/mol. The van der Waals surface area contributed by atoms with Gasteiger partial charge in [0, 0.05) is 11.1 Å². The lowest BCUT2D eigenvalue weighted by Crippen LogP contribution is -2.10. The van der Waals surface area contributed by atoms with Gasteiger partial charge in [0.25, 0.3) is 0 Å². The Hall–Kier alpha value is -4.19. The Balaban J connectivity index is 2.18. The smallest absolute Gasteiger partial charge is 0.416 e. The van der Waals surface area contributed by atoms with Crippen molar-refractivity contribution in [1.29, 1.82) is 0 Å². The standard InChI is InChI=1S/C34H30F9NO2/c1-2-3-15-45-30-27(21-8-4-11-24(17-21)32(35,36)37)20-28(22-9-5-12-25(18-22)33(38,39)40)31(46-16-7-14-44)29(30)23-10-6-13-26(19-23)34(41,42)43/h4-6,8-13,17-20H,2-3,7,14-16,44H2,1H3. The second-order valence-corrected chi connectivity index (χ2v) is 10.4. The third-order valence-corrected chi connectivity index (χ3v) is 7.05. The zero-order valence-electron chi connectivity index (χ0n) is 24.5. The SMILES string of the molecule is CCCCOc1c(-c2cccc(C(F)(F)F)c2)cc(-c2cccc(C(F)(F)F)c2)c(OCCCN)c1-c1cccc(C(F)(F)F)c1. The maximum atomic E-state index is 13.9. The van der Waals surface area contributed by atoms with Crippen molar-refractivity contribution in [3.63, 3.8) is 0 Å². The van der Waals surface area contributed by atoms with E-state index < -0.39 is 35.2 Å². The van der Waals surface area contributed by atoms with Crippen LogP contribution in [-0.2, 0) is 18.5 Å². The first-order valence-corrected chi connectivity index (χ1v) is 14.3. The molecule has 46 heavy (non-hydrogen) atoms. The molecule has 0 unspecified atom stereocenters. The van der Waals surface area contributed by atoms with Crippen molar-refractivity contribution in [2.75, 3.05) is 19.8 Å². The fourth-order valence-electron chi connectivity index (χ4n) is 4.79. The van der Waals surface area contributed by atoms with E-state index in [2.05, 4.69) is 0 Å². The number of halogens is 9. The molecule has 0 bridgehead atoms. The number of ether oxygens (including phenoxy) is 2. The van der Waals surface area contributed by atoms with Crippen molar-refractivity contribution in [3.8, 4) is 44.9 Å². The fourth-order valence-corrected chi connectivity index (χ4v) is 4.79. The van der Waals surface area contributed by atoms with Gasteiger partial charge in [0.05, 0.1) is 35.5 Å². The summed E-state index contributed by atoms with van der Waals surface area (Å²) in [6, 6.07) is 14.0. The highest BCUT2D eigenvalue weighted by Crippen LogP contribution is 2.52. The minimum absolute atomic E-state index is 0.00536. The van der Waals surface area contributed by atoms with Crippen LogP contribution >= 0.6 is 0 Å². The third-order valence-electron chi connectivity index (χ3n) is 7.05. The highest BCUT2D eigenvalue weighted by atomic mass is 19.4. The van der Waals surface area contributed by atoms with Crippen LogP contribution in [0.3, 0.4) is 0 Å². The van der Waals surface area contributed by atoms with Crippen molar-refractivity contribution in [3.05, 3.63) is 95.6 Å². The highest BCUT2D eigenvalue weighted by Gasteiger charge is 2.34. The second kappa shape index (κ2) is 14.1. The van der Waals surface area contributed by atoms with Crippen molar-refractivity contribution in [2.24, 2.45) is 5.73 Å². The van der Waals surface area contributed by atoms with Crippen LogP contribution in [0.2, 0.25) is 0 Å². The van der Waals surface area contributed by atoms with Gasteiger partial charge in [0.2, 0.25) is 0 Å². The van der Waals surface area contributed by atoms with Gasteiger partial charge in [-0.15, -0.1) is 0 Å². The van der Waals surface area contributed by atoms with Crippen LogP contribution in [0.4, 0.5) is 39.5 Å². The van der Waals surface area contributed by atoms with Gasteiger partial charge in [-0.2, -0.15) is 39.5 Å². The second-order valence-electron chi connectivity index (χ2n) is 10.4. The monoisotopic (exact) mass is 655 g/mol. The lowest BCUT2D eigenvalue weighted by atomic mass is 9.89. The lowest BCUT2D eigenvalue weighted by molar-refractivity contribution is -0.138. The Kier molecular flexibility index (Phi) is 10.6. The maximum Gasteiger partial charge on any atom is 0.416 e. The summed E-state index contributed by atoms with van der Waals surface area (Å²) in [7, 11) is 0. The topological polar surface area (TPSA) is 44.5 Å². The van der Waals surface area contributed by atoms with E-state index in [-0.39, 0.29) is 71.1 Å². The van der Waals surface area contributed by atoms with E-state index >= 15 is 0 Å². The van der Waals surface area contributed by atoms with E-state index in [9.17, 15) is 39.5 Å². The Bertz CT molecular complexity index is 1550. The summed E-state index contributed by atoms with van der Waals surface area (Å²) in [6.45, 7) is 2.01. The molecule has 3 nitrogen and oxygen atoms in total. The highest BCUT2D eigenvalue weighted by molar-refractivity contribution is 5.94. The van der Waals surface area contributed by atoms with Gasteiger partial charge in [-0.05, 0) is 78.5 Å². The normalized spacial score (nSPS) is 12.3.